The van der Waals surface area contributed by atoms with Gasteiger partial charge in [-0.3, -0.25) is 23.6 Å². The maximum atomic E-state index is 13.0. The normalized spacial score (nSPS) is 14.6. The van der Waals surface area contributed by atoms with Gasteiger partial charge in [0.25, 0.3) is 0 Å². The van der Waals surface area contributed by atoms with Gasteiger partial charge in [0, 0.05) is 51.9 Å². The summed E-state index contributed by atoms with van der Waals surface area (Å²) in [5.41, 5.74) is 4.68. The minimum absolute atomic E-state index is 0.0169. The quantitative estimate of drug-likeness (QED) is 0.495. The van der Waals surface area contributed by atoms with Crippen molar-refractivity contribution < 1.29 is 4.79 Å². The van der Waals surface area contributed by atoms with Gasteiger partial charge >= 0.3 is 5.69 Å². The molecule has 11 nitrogen and oxygen atoms in total. The zero-order chi connectivity index (χ0) is 24.0. The summed E-state index contributed by atoms with van der Waals surface area (Å²) >= 11 is 0. The van der Waals surface area contributed by atoms with Crippen molar-refractivity contribution in [1.82, 2.24) is 38.8 Å². The molecule has 4 aromatic heterocycles. The molecule has 1 N–H and O–H groups in total. The summed E-state index contributed by atoms with van der Waals surface area (Å²) < 4.78 is 5.06. The summed E-state index contributed by atoms with van der Waals surface area (Å²) in [7, 11) is 3.60. The van der Waals surface area contributed by atoms with Crippen LogP contribution in [0, 0.1) is 6.92 Å². The van der Waals surface area contributed by atoms with E-state index in [0.29, 0.717) is 43.0 Å². The molecule has 0 aliphatic carbocycles. The summed E-state index contributed by atoms with van der Waals surface area (Å²) in [5, 5.41) is 7.45. The van der Waals surface area contributed by atoms with E-state index in [1.54, 1.807) is 46.4 Å². The maximum Gasteiger partial charge on any atom is 0.330 e. The molecule has 0 spiro atoms. The lowest BCUT2D eigenvalue weighted by molar-refractivity contribution is -0.130. The van der Waals surface area contributed by atoms with Gasteiger partial charge in [0.05, 0.1) is 30.0 Å². The molecule has 1 aliphatic rings. The second-order valence-corrected chi connectivity index (χ2v) is 8.76. The van der Waals surface area contributed by atoms with Crippen molar-refractivity contribution in [3.8, 4) is 11.3 Å². The number of aromatic nitrogens is 7. The number of carbonyl (C=O) groups is 1. The Kier molecular flexibility index (Phi) is 5.39. The topological polar surface area (TPSA) is 116 Å². The molecule has 1 fully saturated rings. The molecule has 0 saturated carbocycles. The third-order valence-corrected chi connectivity index (χ3v) is 6.47. The van der Waals surface area contributed by atoms with E-state index in [2.05, 4.69) is 20.4 Å². The van der Waals surface area contributed by atoms with Crippen LogP contribution in [-0.4, -0.2) is 57.8 Å². The first kappa shape index (κ1) is 21.8. The highest BCUT2D eigenvalue weighted by molar-refractivity contribution is 5.74. The van der Waals surface area contributed by atoms with E-state index in [9.17, 15) is 9.59 Å². The molecule has 1 aliphatic heterocycles. The highest BCUT2D eigenvalue weighted by Gasteiger charge is 2.26. The Labute approximate surface area is 196 Å². The van der Waals surface area contributed by atoms with E-state index >= 15 is 0 Å². The third-order valence-electron chi connectivity index (χ3n) is 6.47. The predicted octanol–water partition coefficient (Wildman–Crippen LogP) is 2.16. The zero-order valence-corrected chi connectivity index (χ0v) is 19.7. The van der Waals surface area contributed by atoms with E-state index in [4.69, 9.17) is 4.98 Å². The number of piperidine rings is 1. The van der Waals surface area contributed by atoms with Crippen LogP contribution in [0.4, 0.5) is 11.6 Å². The van der Waals surface area contributed by atoms with Gasteiger partial charge in [-0.2, -0.15) is 10.1 Å². The largest absolute Gasteiger partial charge is 0.343 e. The molecule has 0 atom stereocenters. The molecule has 176 valence electrons. The Morgan fingerprint density at radius 2 is 1.88 bits per heavy atom. The SMILES string of the molecule is CC(=O)N1CCC(n2c(=O)n(C)c3cnc(Nc4cnc(-c5cnn(C)c5)cc4C)nc32)CC1. The lowest BCUT2D eigenvalue weighted by Gasteiger charge is -2.31. The molecule has 0 radical (unpaired) electrons. The Morgan fingerprint density at radius 3 is 2.53 bits per heavy atom. The highest BCUT2D eigenvalue weighted by Crippen LogP contribution is 2.27. The van der Waals surface area contributed by atoms with Crippen LogP contribution >= 0.6 is 0 Å². The van der Waals surface area contributed by atoms with Crippen molar-refractivity contribution in [2.75, 3.05) is 18.4 Å². The number of pyridine rings is 1. The van der Waals surface area contributed by atoms with Crippen LogP contribution in [-0.2, 0) is 18.9 Å². The fourth-order valence-electron chi connectivity index (χ4n) is 4.48. The molecule has 4 aromatic rings. The van der Waals surface area contributed by atoms with Crippen LogP contribution in [0.5, 0.6) is 0 Å². The molecule has 34 heavy (non-hydrogen) atoms. The fourth-order valence-corrected chi connectivity index (χ4v) is 4.48. The number of hydrogen-bond acceptors (Lipinski definition) is 7. The lowest BCUT2D eigenvalue weighted by Crippen LogP contribution is -2.39. The maximum absolute atomic E-state index is 13.0. The number of nitrogens with one attached hydrogen (secondary N) is 1. The van der Waals surface area contributed by atoms with Crippen LogP contribution in [0.25, 0.3) is 22.4 Å². The first-order chi connectivity index (χ1) is 16.3. The van der Waals surface area contributed by atoms with E-state index in [0.717, 1.165) is 22.5 Å². The van der Waals surface area contributed by atoms with Crippen LogP contribution < -0.4 is 11.0 Å². The smallest absolute Gasteiger partial charge is 0.330 e. The summed E-state index contributed by atoms with van der Waals surface area (Å²) in [6.07, 6.45) is 8.54. The Hall–Kier alpha value is -4.02. The van der Waals surface area contributed by atoms with Crippen LogP contribution in [0.1, 0.15) is 31.4 Å². The number of imidazole rings is 1. The van der Waals surface area contributed by atoms with Crippen LogP contribution in [0.15, 0.2) is 35.6 Å². The van der Waals surface area contributed by atoms with Gasteiger partial charge in [0.15, 0.2) is 5.65 Å². The molecule has 5 heterocycles. The lowest BCUT2D eigenvalue weighted by atomic mass is 10.0. The number of aryl methyl sites for hydroxylation is 3. The predicted molar refractivity (Wildman–Crippen MR) is 128 cm³/mol. The Balaban J connectivity index is 1.45. The van der Waals surface area contributed by atoms with Crippen molar-refractivity contribution >= 4 is 28.7 Å². The van der Waals surface area contributed by atoms with Gasteiger partial charge in [0.1, 0.15) is 5.52 Å². The number of anilines is 2. The average molecular weight is 462 g/mol. The van der Waals surface area contributed by atoms with Gasteiger partial charge < -0.3 is 10.2 Å². The number of nitrogens with zero attached hydrogens (tertiary/aromatic N) is 8. The number of likely N-dealkylation sites (tertiary alicyclic amines) is 1. The number of fused-ring (bicyclic) bond motifs is 1. The van der Waals surface area contributed by atoms with Gasteiger partial charge in [-0.25, -0.2) is 9.78 Å². The van der Waals surface area contributed by atoms with Gasteiger partial charge in [-0.15, -0.1) is 0 Å². The average Bonchev–Trinajstić information content (AvgIpc) is 3.36. The molecule has 0 aromatic carbocycles. The van der Waals surface area contributed by atoms with Crippen molar-refractivity contribution in [3.63, 3.8) is 0 Å². The van der Waals surface area contributed by atoms with Crippen molar-refractivity contribution in [3.05, 3.63) is 46.9 Å². The molecule has 0 unspecified atom stereocenters. The summed E-state index contributed by atoms with van der Waals surface area (Å²) in [4.78, 5) is 40.2. The van der Waals surface area contributed by atoms with Crippen molar-refractivity contribution in [2.24, 2.45) is 14.1 Å². The second kappa shape index (κ2) is 8.40. The number of hydrogen-bond donors (Lipinski definition) is 1. The van der Waals surface area contributed by atoms with E-state index < -0.39 is 0 Å². The second-order valence-electron chi connectivity index (χ2n) is 8.76. The zero-order valence-electron chi connectivity index (χ0n) is 19.7. The molecule has 11 heteroatoms. The van der Waals surface area contributed by atoms with Gasteiger partial charge in [-0.1, -0.05) is 0 Å². The van der Waals surface area contributed by atoms with Crippen molar-refractivity contribution in [2.45, 2.75) is 32.7 Å². The van der Waals surface area contributed by atoms with Gasteiger partial charge in [-0.05, 0) is 31.4 Å². The first-order valence-corrected chi connectivity index (χ1v) is 11.2. The van der Waals surface area contributed by atoms with Crippen molar-refractivity contribution in [1.29, 1.82) is 0 Å². The Morgan fingerprint density at radius 1 is 1.12 bits per heavy atom. The molecule has 1 saturated heterocycles. The third kappa shape index (κ3) is 3.82. The fraction of sp³-hybridized carbons (Fsp3) is 0.391. The number of rotatable bonds is 4. The Bertz CT molecular complexity index is 1440. The molecule has 5 rings (SSSR count). The van der Waals surface area contributed by atoms with E-state index in [-0.39, 0.29) is 17.6 Å². The molecule has 1 amide bonds. The minimum atomic E-state index is -0.124. The minimum Gasteiger partial charge on any atom is -0.343 e. The highest BCUT2D eigenvalue weighted by atomic mass is 16.2. The molecular weight excluding hydrogens is 434 g/mol. The van der Waals surface area contributed by atoms with Crippen LogP contribution in [0.2, 0.25) is 0 Å². The summed E-state index contributed by atoms with van der Waals surface area (Å²) in [6, 6.07) is 1.97. The molecule has 0 bridgehead atoms. The number of amides is 1. The number of carbonyl (C=O) groups excluding carboxylic acids is 1. The summed E-state index contributed by atoms with van der Waals surface area (Å²) in [6.45, 7) is 4.83. The van der Waals surface area contributed by atoms with E-state index in [1.807, 2.05) is 31.1 Å². The standard InChI is InChI=1S/C23H27N9O2/c1-14-9-18(16-10-26-29(3)13-16)24-11-19(14)27-22-25-12-20-21(28-22)32(23(34)30(20)4)17-5-7-31(8-6-17)15(2)33/h9-13,17H,5-8H2,1-4H3,(H,25,27,28). The van der Waals surface area contributed by atoms with E-state index in [1.165, 1.54) is 0 Å². The summed E-state index contributed by atoms with van der Waals surface area (Å²) in [5.74, 6) is 0.461. The van der Waals surface area contributed by atoms with Crippen LogP contribution in [0.3, 0.4) is 0 Å². The monoisotopic (exact) mass is 461 g/mol. The molecular formula is C23H27N9O2. The first-order valence-electron chi connectivity index (χ1n) is 11.2. The van der Waals surface area contributed by atoms with Gasteiger partial charge in [0.2, 0.25) is 11.9 Å².